The molecule has 2 amide bonds. The molecule has 2 aromatic rings. The fraction of sp³-hybridized carbons (Fsp3) is 0.286. The molecule has 0 aliphatic carbocycles. The summed E-state index contributed by atoms with van der Waals surface area (Å²) in [6.07, 6.45) is 0. The molecule has 1 atom stereocenters. The molecule has 1 aromatic heterocycles. The summed E-state index contributed by atoms with van der Waals surface area (Å²) in [6, 6.07) is 5.07. The summed E-state index contributed by atoms with van der Waals surface area (Å²) >= 11 is 0. The summed E-state index contributed by atoms with van der Waals surface area (Å²) in [7, 11) is 2.61. The average Bonchev–Trinajstić information content (AvgIpc) is 2.62. The maximum atomic E-state index is 12.5. The van der Waals surface area contributed by atoms with Crippen LogP contribution in [0.15, 0.2) is 29.2 Å². The number of nitrogens with one attached hydrogen (secondary N) is 2. The number of nitrogens with zero attached hydrogens (tertiary/aromatic N) is 4. The largest absolute Gasteiger partial charge is 0.379 e. The highest BCUT2D eigenvalue weighted by Crippen LogP contribution is 2.18. The summed E-state index contributed by atoms with van der Waals surface area (Å²) in [4.78, 5) is 23.5. The molecule has 140 valence electrons. The van der Waals surface area contributed by atoms with E-state index < -0.39 is 27.1 Å². The number of hydrogen-bond acceptors (Lipinski definition) is 9. The van der Waals surface area contributed by atoms with Crippen molar-refractivity contribution in [3.8, 4) is 0 Å². The van der Waals surface area contributed by atoms with E-state index in [0.29, 0.717) is 0 Å². The van der Waals surface area contributed by atoms with Crippen LogP contribution >= 0.6 is 0 Å². The number of rotatable bonds is 6. The molecule has 13 heteroatoms. The molecule has 2 radical (unpaired) electrons. The maximum absolute atomic E-state index is 12.5. The van der Waals surface area contributed by atoms with E-state index in [1.54, 1.807) is 0 Å². The number of sulfone groups is 1. The predicted octanol–water partition coefficient (Wildman–Crippen LogP) is -2.42. The predicted molar refractivity (Wildman–Crippen MR) is 94.1 cm³/mol. The zero-order valence-electron chi connectivity index (χ0n) is 14.4. The SMILES string of the molecule is [B]c1nnc(NC(=O)[C@@](C)(O)CS(=O)(=O)c2ccc(C(=O)NC)cc2)nn1. The third-order valence-corrected chi connectivity index (χ3v) is 5.32. The maximum Gasteiger partial charge on any atom is 0.268 e. The highest BCUT2D eigenvalue weighted by molar-refractivity contribution is 7.91. The van der Waals surface area contributed by atoms with Crippen LogP contribution in [0.5, 0.6) is 0 Å². The number of benzene rings is 1. The fourth-order valence-corrected chi connectivity index (χ4v) is 3.59. The smallest absolute Gasteiger partial charge is 0.268 e. The topological polar surface area (TPSA) is 164 Å². The van der Waals surface area contributed by atoms with E-state index in [9.17, 15) is 23.1 Å². The van der Waals surface area contributed by atoms with Crippen molar-refractivity contribution >= 4 is 41.2 Å². The van der Waals surface area contributed by atoms with Gasteiger partial charge in [0.25, 0.3) is 17.8 Å². The Morgan fingerprint density at radius 1 is 1.15 bits per heavy atom. The number of hydrogen-bond donors (Lipinski definition) is 3. The molecule has 0 unspecified atom stereocenters. The van der Waals surface area contributed by atoms with Crippen molar-refractivity contribution in [2.24, 2.45) is 0 Å². The number of aromatic nitrogens is 4. The van der Waals surface area contributed by atoms with Crippen LogP contribution in [0, 0.1) is 0 Å². The van der Waals surface area contributed by atoms with Crippen molar-refractivity contribution in [3.05, 3.63) is 29.8 Å². The minimum atomic E-state index is -4.05. The fourth-order valence-electron chi connectivity index (χ4n) is 2.00. The van der Waals surface area contributed by atoms with Crippen LogP contribution in [-0.4, -0.2) is 72.0 Å². The number of carbonyl (C=O) groups is 2. The molecule has 27 heavy (non-hydrogen) atoms. The second-order valence-electron chi connectivity index (χ2n) is 5.67. The quantitative estimate of drug-likeness (QED) is 0.456. The van der Waals surface area contributed by atoms with Gasteiger partial charge in [-0.3, -0.25) is 14.9 Å². The molecule has 0 aliphatic rings. The van der Waals surface area contributed by atoms with Crippen LogP contribution in [0.25, 0.3) is 0 Å². The summed E-state index contributed by atoms with van der Waals surface area (Å²) in [5.74, 6) is -2.71. The molecule has 0 saturated heterocycles. The number of anilines is 1. The molecule has 0 spiro atoms. The number of amides is 2. The number of carbonyl (C=O) groups excluding carboxylic acids is 2. The van der Waals surface area contributed by atoms with E-state index in [-0.39, 0.29) is 28.0 Å². The van der Waals surface area contributed by atoms with Crippen molar-refractivity contribution in [3.63, 3.8) is 0 Å². The lowest BCUT2D eigenvalue weighted by molar-refractivity contribution is -0.130. The van der Waals surface area contributed by atoms with Gasteiger partial charge in [0.2, 0.25) is 0 Å². The standard InChI is InChI=1S/C14H15BN6O5S/c1-14(24,11(23)17-13-20-18-12(15)19-21-13)7-27(25,26)9-5-3-8(4-6-9)10(22)16-2/h3-6,24H,7H2,1-2H3,(H,16,22)(H,17,20,21,23)/t14-/m0/s1. The molecule has 0 bridgehead atoms. The van der Waals surface area contributed by atoms with Crippen molar-refractivity contribution in [1.82, 2.24) is 25.7 Å². The van der Waals surface area contributed by atoms with Gasteiger partial charge in [0.1, 0.15) is 5.72 Å². The molecule has 0 aliphatic heterocycles. The molecule has 1 heterocycles. The second-order valence-corrected chi connectivity index (χ2v) is 7.66. The van der Waals surface area contributed by atoms with Crippen molar-refractivity contribution in [2.45, 2.75) is 17.4 Å². The van der Waals surface area contributed by atoms with E-state index in [4.69, 9.17) is 7.85 Å². The molecule has 1 aromatic carbocycles. The highest BCUT2D eigenvalue weighted by atomic mass is 32.2. The van der Waals surface area contributed by atoms with Crippen molar-refractivity contribution in [1.29, 1.82) is 0 Å². The molecule has 2 rings (SSSR count). The minimum Gasteiger partial charge on any atom is -0.379 e. The van der Waals surface area contributed by atoms with Gasteiger partial charge in [0.15, 0.2) is 23.3 Å². The van der Waals surface area contributed by atoms with Crippen LogP contribution in [0.1, 0.15) is 17.3 Å². The van der Waals surface area contributed by atoms with E-state index in [1.807, 2.05) is 0 Å². The number of aliphatic hydroxyl groups is 1. The van der Waals surface area contributed by atoms with Gasteiger partial charge >= 0.3 is 0 Å². The Bertz CT molecular complexity index is 947. The van der Waals surface area contributed by atoms with Crippen LogP contribution in [0.4, 0.5) is 5.95 Å². The van der Waals surface area contributed by atoms with Gasteiger partial charge in [0.05, 0.1) is 10.6 Å². The van der Waals surface area contributed by atoms with Crippen molar-refractivity contribution < 1.29 is 23.1 Å². The lowest BCUT2D eigenvalue weighted by Gasteiger charge is -2.21. The molecule has 0 saturated carbocycles. The van der Waals surface area contributed by atoms with E-state index >= 15 is 0 Å². The van der Waals surface area contributed by atoms with E-state index in [2.05, 4.69) is 31.0 Å². The van der Waals surface area contributed by atoms with Gasteiger partial charge in [-0.15, -0.1) is 20.4 Å². The molecular weight excluding hydrogens is 375 g/mol. The van der Waals surface area contributed by atoms with Crippen molar-refractivity contribution in [2.75, 3.05) is 18.1 Å². The third kappa shape index (κ3) is 5.04. The second kappa shape index (κ2) is 7.76. The van der Waals surface area contributed by atoms with E-state index in [0.717, 1.165) is 6.92 Å². The van der Waals surface area contributed by atoms with Crippen LogP contribution in [0.2, 0.25) is 0 Å². The minimum absolute atomic E-state index is 0.157. The van der Waals surface area contributed by atoms with Crippen LogP contribution in [-0.2, 0) is 14.6 Å². The van der Waals surface area contributed by atoms with E-state index in [1.165, 1.54) is 31.3 Å². The van der Waals surface area contributed by atoms with Gasteiger partial charge in [0, 0.05) is 12.6 Å². The first-order valence-electron chi connectivity index (χ1n) is 7.47. The van der Waals surface area contributed by atoms with Gasteiger partial charge in [-0.1, -0.05) is 0 Å². The molecule has 11 nitrogen and oxygen atoms in total. The lowest BCUT2D eigenvalue weighted by atomic mass is 10.1. The lowest BCUT2D eigenvalue weighted by Crippen LogP contribution is -2.46. The molecular formula is C14H15BN6O5S. The summed E-state index contributed by atoms with van der Waals surface area (Å²) in [5.41, 5.74) is -2.26. The van der Waals surface area contributed by atoms with Crippen LogP contribution in [0.3, 0.4) is 0 Å². The Morgan fingerprint density at radius 2 is 1.70 bits per heavy atom. The first-order valence-corrected chi connectivity index (χ1v) is 9.12. The molecule has 3 N–H and O–H groups in total. The summed E-state index contributed by atoms with van der Waals surface area (Å²) < 4.78 is 25.0. The monoisotopic (exact) mass is 390 g/mol. The Labute approximate surface area is 155 Å². The third-order valence-electron chi connectivity index (χ3n) is 3.38. The average molecular weight is 390 g/mol. The Hall–Kier alpha value is -2.93. The van der Waals surface area contributed by atoms with Gasteiger partial charge < -0.3 is 10.4 Å². The summed E-state index contributed by atoms with van der Waals surface area (Å²) in [5, 5.41) is 28.4. The highest BCUT2D eigenvalue weighted by Gasteiger charge is 2.37. The van der Waals surface area contributed by atoms with Gasteiger partial charge in [-0.05, 0) is 31.2 Å². The zero-order valence-corrected chi connectivity index (χ0v) is 15.2. The molecule has 0 fully saturated rings. The Morgan fingerprint density at radius 3 is 2.22 bits per heavy atom. The van der Waals surface area contributed by atoms with Crippen LogP contribution < -0.4 is 16.4 Å². The summed E-state index contributed by atoms with van der Waals surface area (Å²) in [6.45, 7) is 1.02. The van der Waals surface area contributed by atoms with Gasteiger partial charge in [-0.25, -0.2) is 8.42 Å². The Kier molecular flexibility index (Phi) is 5.86. The normalized spacial score (nSPS) is 13.4. The Balaban J connectivity index is 2.15. The zero-order chi connectivity index (χ0) is 20.2. The van der Waals surface area contributed by atoms with Gasteiger partial charge in [-0.2, -0.15) is 0 Å². The first-order chi connectivity index (χ1) is 12.5. The first kappa shape index (κ1) is 20.4.